The van der Waals surface area contributed by atoms with Crippen LogP contribution in [0.25, 0.3) is 22.3 Å². The van der Waals surface area contributed by atoms with Crippen molar-refractivity contribution in [3.63, 3.8) is 0 Å². The zero-order chi connectivity index (χ0) is 20.9. The summed E-state index contributed by atoms with van der Waals surface area (Å²) in [5.74, 6) is 1.54. The van der Waals surface area contributed by atoms with Crippen molar-refractivity contribution in [1.29, 1.82) is 0 Å². The number of ether oxygens (including phenoxy) is 1. The monoisotopic (exact) mass is 407 g/mol. The van der Waals surface area contributed by atoms with Crippen LogP contribution in [-0.4, -0.2) is 38.7 Å². The number of nitrogens with one attached hydrogen (secondary N) is 1. The van der Waals surface area contributed by atoms with Crippen LogP contribution in [-0.2, 0) is 7.05 Å². The molecule has 1 aliphatic carbocycles. The Hall–Kier alpha value is -2.83. The Labute approximate surface area is 176 Å². The third kappa shape index (κ3) is 3.57. The van der Waals surface area contributed by atoms with Gasteiger partial charge in [-0.1, -0.05) is 6.92 Å². The molecule has 2 fully saturated rings. The van der Waals surface area contributed by atoms with Crippen molar-refractivity contribution in [3.05, 3.63) is 34.6 Å². The van der Waals surface area contributed by atoms with E-state index in [-0.39, 0.29) is 11.2 Å². The molecule has 3 aromatic rings. The van der Waals surface area contributed by atoms with E-state index in [4.69, 9.17) is 4.74 Å². The number of hydrogen-bond donors (Lipinski definition) is 1. The molecule has 2 aromatic heterocycles. The second kappa shape index (κ2) is 7.15. The minimum Gasteiger partial charge on any atom is -0.488 e. The molecule has 30 heavy (non-hydrogen) atoms. The predicted octanol–water partition coefficient (Wildman–Crippen LogP) is 3.88. The first kappa shape index (κ1) is 19.2. The Morgan fingerprint density at radius 2 is 2.03 bits per heavy atom. The zero-order valence-electron chi connectivity index (χ0n) is 17.9. The SMILES string of the molecule is C[C@@H]1CCCN(c2cc(-c3n[nH]c4ccc(OC5(C)CC5)cc34)nn(C)c2=O)CC1. The van der Waals surface area contributed by atoms with Gasteiger partial charge < -0.3 is 9.64 Å². The number of benzene rings is 1. The average molecular weight is 408 g/mol. The summed E-state index contributed by atoms with van der Waals surface area (Å²) in [6.45, 7) is 6.23. The maximum atomic E-state index is 12.9. The van der Waals surface area contributed by atoms with E-state index in [9.17, 15) is 4.79 Å². The van der Waals surface area contributed by atoms with E-state index in [0.29, 0.717) is 17.3 Å². The first-order chi connectivity index (χ1) is 14.4. The lowest BCUT2D eigenvalue weighted by atomic mass is 10.0. The second-order valence-electron chi connectivity index (χ2n) is 9.20. The molecule has 1 atom stereocenters. The molecule has 0 radical (unpaired) electrons. The van der Waals surface area contributed by atoms with Crippen LogP contribution in [0.1, 0.15) is 46.0 Å². The summed E-state index contributed by atoms with van der Waals surface area (Å²) in [6, 6.07) is 7.90. The molecule has 7 nitrogen and oxygen atoms in total. The van der Waals surface area contributed by atoms with Crippen LogP contribution in [0.3, 0.4) is 0 Å². The number of fused-ring (bicyclic) bond motifs is 1. The Bertz CT molecular complexity index is 1140. The smallest absolute Gasteiger partial charge is 0.290 e. The fourth-order valence-electron chi connectivity index (χ4n) is 4.25. The van der Waals surface area contributed by atoms with Gasteiger partial charge >= 0.3 is 0 Å². The zero-order valence-corrected chi connectivity index (χ0v) is 17.9. The van der Waals surface area contributed by atoms with E-state index in [0.717, 1.165) is 61.1 Å². The second-order valence-corrected chi connectivity index (χ2v) is 9.20. The van der Waals surface area contributed by atoms with Crippen LogP contribution >= 0.6 is 0 Å². The minimum atomic E-state index is -0.0566. The highest BCUT2D eigenvalue weighted by Crippen LogP contribution is 2.40. The molecule has 5 rings (SSSR count). The molecule has 1 aromatic carbocycles. The number of aryl methyl sites for hydroxylation is 1. The minimum absolute atomic E-state index is 0.0381. The molecule has 2 aliphatic rings. The van der Waals surface area contributed by atoms with Gasteiger partial charge in [-0.05, 0) is 69.2 Å². The highest BCUT2D eigenvalue weighted by atomic mass is 16.5. The van der Waals surface area contributed by atoms with Crippen LogP contribution in [0, 0.1) is 5.92 Å². The molecule has 7 heteroatoms. The quantitative estimate of drug-likeness (QED) is 0.710. The van der Waals surface area contributed by atoms with E-state index < -0.39 is 0 Å². The number of anilines is 1. The first-order valence-corrected chi connectivity index (χ1v) is 10.9. The van der Waals surface area contributed by atoms with Crippen LogP contribution < -0.4 is 15.2 Å². The van der Waals surface area contributed by atoms with Crippen molar-refractivity contribution in [2.45, 2.75) is 51.6 Å². The predicted molar refractivity (Wildman–Crippen MR) is 118 cm³/mol. The lowest BCUT2D eigenvalue weighted by Gasteiger charge is -2.22. The average Bonchev–Trinajstić information content (AvgIpc) is 3.36. The molecule has 1 aliphatic heterocycles. The Morgan fingerprint density at radius 1 is 1.20 bits per heavy atom. The molecule has 1 N–H and O–H groups in total. The highest BCUT2D eigenvalue weighted by Gasteiger charge is 2.40. The van der Waals surface area contributed by atoms with E-state index in [1.54, 1.807) is 7.05 Å². The van der Waals surface area contributed by atoms with Crippen LogP contribution in [0.2, 0.25) is 0 Å². The van der Waals surface area contributed by atoms with Crippen LogP contribution in [0.4, 0.5) is 5.69 Å². The Balaban J connectivity index is 1.55. The summed E-state index contributed by atoms with van der Waals surface area (Å²) in [7, 11) is 1.72. The van der Waals surface area contributed by atoms with Gasteiger partial charge in [0.05, 0.1) is 5.52 Å². The molecular formula is C23H29N5O2. The normalized spacial score (nSPS) is 20.9. The molecule has 0 unspecified atom stereocenters. The Morgan fingerprint density at radius 3 is 2.83 bits per heavy atom. The topological polar surface area (TPSA) is 76.0 Å². The summed E-state index contributed by atoms with van der Waals surface area (Å²) >= 11 is 0. The fourth-order valence-corrected chi connectivity index (χ4v) is 4.25. The van der Waals surface area contributed by atoms with E-state index in [2.05, 4.69) is 34.0 Å². The lowest BCUT2D eigenvalue weighted by Crippen LogP contribution is -2.33. The van der Waals surface area contributed by atoms with Crippen molar-refractivity contribution in [2.75, 3.05) is 18.0 Å². The van der Waals surface area contributed by atoms with Crippen molar-refractivity contribution < 1.29 is 4.74 Å². The summed E-state index contributed by atoms with van der Waals surface area (Å²) < 4.78 is 7.58. The Kier molecular flexibility index (Phi) is 4.56. The van der Waals surface area contributed by atoms with Crippen molar-refractivity contribution in [2.24, 2.45) is 13.0 Å². The van der Waals surface area contributed by atoms with Crippen molar-refractivity contribution >= 4 is 16.6 Å². The molecular weight excluding hydrogens is 378 g/mol. The molecule has 0 bridgehead atoms. The van der Waals surface area contributed by atoms with Gasteiger partial charge in [-0.2, -0.15) is 10.2 Å². The highest BCUT2D eigenvalue weighted by molar-refractivity contribution is 5.93. The number of rotatable bonds is 4. The summed E-state index contributed by atoms with van der Waals surface area (Å²) in [5, 5.41) is 13.1. The van der Waals surface area contributed by atoms with Gasteiger partial charge in [0.2, 0.25) is 0 Å². The van der Waals surface area contributed by atoms with Gasteiger partial charge in [0.15, 0.2) is 0 Å². The van der Waals surface area contributed by atoms with Gasteiger partial charge in [0.25, 0.3) is 5.56 Å². The summed E-state index contributed by atoms with van der Waals surface area (Å²) in [4.78, 5) is 15.1. The van der Waals surface area contributed by atoms with Crippen molar-refractivity contribution in [1.82, 2.24) is 20.0 Å². The van der Waals surface area contributed by atoms with Gasteiger partial charge in [0, 0.05) is 25.5 Å². The number of aromatic nitrogens is 4. The molecule has 1 saturated heterocycles. The fraction of sp³-hybridized carbons (Fsp3) is 0.522. The molecule has 0 amide bonds. The molecule has 1 saturated carbocycles. The van der Waals surface area contributed by atoms with Gasteiger partial charge in [-0.25, -0.2) is 4.68 Å². The van der Waals surface area contributed by atoms with Crippen LogP contribution in [0.5, 0.6) is 5.75 Å². The van der Waals surface area contributed by atoms with E-state index in [1.165, 1.54) is 11.1 Å². The molecule has 158 valence electrons. The van der Waals surface area contributed by atoms with E-state index >= 15 is 0 Å². The third-order valence-electron chi connectivity index (χ3n) is 6.50. The largest absolute Gasteiger partial charge is 0.488 e. The van der Waals surface area contributed by atoms with Gasteiger partial charge in [0.1, 0.15) is 28.4 Å². The maximum Gasteiger partial charge on any atom is 0.290 e. The number of aromatic amines is 1. The van der Waals surface area contributed by atoms with Gasteiger partial charge in [-0.15, -0.1) is 0 Å². The van der Waals surface area contributed by atoms with Crippen LogP contribution in [0.15, 0.2) is 29.1 Å². The number of hydrogen-bond acceptors (Lipinski definition) is 5. The summed E-state index contributed by atoms with van der Waals surface area (Å²) in [6.07, 6.45) is 5.59. The third-order valence-corrected chi connectivity index (χ3v) is 6.50. The molecule has 3 heterocycles. The molecule has 0 spiro atoms. The maximum absolute atomic E-state index is 12.9. The lowest BCUT2D eigenvalue weighted by molar-refractivity contribution is 0.200. The standard InChI is InChI=1S/C23H29N5O2/c1-15-5-4-11-28(12-8-15)20-14-19(26-27(3)22(20)29)21-17-13-16(30-23(2)9-10-23)6-7-18(17)24-25-21/h6-7,13-15H,4-5,8-12H2,1-3H3,(H,24,25)/t15-/m1/s1. The van der Waals surface area contributed by atoms with Crippen molar-refractivity contribution in [3.8, 4) is 17.1 Å². The first-order valence-electron chi connectivity index (χ1n) is 10.9. The van der Waals surface area contributed by atoms with Gasteiger partial charge in [-0.3, -0.25) is 9.89 Å². The summed E-state index contributed by atoms with van der Waals surface area (Å²) in [5.41, 5.74) is 2.99. The number of H-pyrrole nitrogens is 1. The number of nitrogens with zero attached hydrogens (tertiary/aromatic N) is 4. The van der Waals surface area contributed by atoms with E-state index in [1.807, 2.05) is 24.3 Å².